The van der Waals surface area contributed by atoms with Crippen molar-refractivity contribution in [3.8, 4) is 11.5 Å². The van der Waals surface area contributed by atoms with Gasteiger partial charge in [-0.3, -0.25) is 9.89 Å². The van der Waals surface area contributed by atoms with Crippen molar-refractivity contribution in [2.24, 2.45) is 7.05 Å². The van der Waals surface area contributed by atoms with Crippen molar-refractivity contribution in [1.82, 2.24) is 25.1 Å². The molecule has 8 heteroatoms. The number of hydrogen-bond acceptors (Lipinski definition) is 5. The number of aromatic nitrogens is 4. The van der Waals surface area contributed by atoms with Gasteiger partial charge in [0.25, 0.3) is 5.91 Å². The zero-order valence-electron chi connectivity index (χ0n) is 16.3. The van der Waals surface area contributed by atoms with Crippen molar-refractivity contribution >= 4 is 16.8 Å². The van der Waals surface area contributed by atoms with E-state index < -0.39 is 6.04 Å². The molecule has 0 aliphatic heterocycles. The van der Waals surface area contributed by atoms with Crippen LogP contribution in [0.2, 0.25) is 0 Å². The van der Waals surface area contributed by atoms with Gasteiger partial charge in [-0.1, -0.05) is 18.2 Å². The summed E-state index contributed by atoms with van der Waals surface area (Å²) in [5.74, 6) is 1.61. The second-order valence-electron chi connectivity index (χ2n) is 6.57. The first-order valence-corrected chi connectivity index (χ1v) is 9.05. The fourth-order valence-electron chi connectivity index (χ4n) is 3.28. The topological polar surface area (TPSA) is 94.1 Å². The number of carbonyl (C=O) groups is 1. The molecule has 0 saturated heterocycles. The normalized spacial score (nSPS) is 12.0. The van der Waals surface area contributed by atoms with Crippen LogP contribution in [0.3, 0.4) is 0 Å². The van der Waals surface area contributed by atoms with Gasteiger partial charge in [0, 0.05) is 30.9 Å². The highest BCUT2D eigenvalue weighted by molar-refractivity contribution is 6.04. The number of H-pyrrole nitrogens is 1. The number of aryl methyl sites for hydroxylation is 1. The summed E-state index contributed by atoms with van der Waals surface area (Å²) in [6.45, 7) is 0. The van der Waals surface area contributed by atoms with Gasteiger partial charge < -0.3 is 19.4 Å². The zero-order valence-corrected chi connectivity index (χ0v) is 16.3. The maximum Gasteiger partial charge on any atom is 0.273 e. The molecule has 1 unspecified atom stereocenters. The Balaban J connectivity index is 1.76. The lowest BCUT2D eigenvalue weighted by atomic mass is 10.0. The van der Waals surface area contributed by atoms with Gasteiger partial charge in [-0.2, -0.15) is 5.10 Å². The molecular formula is C21H21N5O3. The van der Waals surface area contributed by atoms with E-state index in [0.29, 0.717) is 23.0 Å². The van der Waals surface area contributed by atoms with Crippen LogP contribution in [-0.4, -0.2) is 39.9 Å². The molecule has 2 aromatic heterocycles. The van der Waals surface area contributed by atoms with Crippen LogP contribution in [0.15, 0.2) is 54.9 Å². The molecule has 0 saturated carbocycles. The molecule has 2 heterocycles. The minimum Gasteiger partial charge on any atom is -0.497 e. The third-order valence-corrected chi connectivity index (χ3v) is 4.78. The Morgan fingerprint density at radius 2 is 1.86 bits per heavy atom. The second-order valence-corrected chi connectivity index (χ2v) is 6.57. The Hall–Kier alpha value is -3.81. The van der Waals surface area contributed by atoms with Crippen LogP contribution < -0.4 is 14.8 Å². The number of ether oxygens (including phenoxy) is 2. The summed E-state index contributed by atoms with van der Waals surface area (Å²) < 4.78 is 12.6. The van der Waals surface area contributed by atoms with Gasteiger partial charge in [-0.05, 0) is 23.8 Å². The summed E-state index contributed by atoms with van der Waals surface area (Å²) in [7, 11) is 5.05. The molecule has 1 atom stereocenters. The fourth-order valence-corrected chi connectivity index (χ4v) is 3.28. The van der Waals surface area contributed by atoms with Crippen LogP contribution in [0.1, 0.15) is 27.9 Å². The number of methoxy groups -OCH3 is 2. The average Bonchev–Trinajstić information content (AvgIpc) is 3.37. The first kappa shape index (κ1) is 18.5. The van der Waals surface area contributed by atoms with Gasteiger partial charge in [0.1, 0.15) is 23.4 Å². The summed E-state index contributed by atoms with van der Waals surface area (Å²) in [6, 6.07) is 12.5. The lowest BCUT2D eigenvalue weighted by molar-refractivity contribution is 0.0937. The molecule has 2 N–H and O–H groups in total. The number of nitrogens with one attached hydrogen (secondary N) is 2. The number of carbonyl (C=O) groups excluding carboxylic acids is 1. The van der Waals surface area contributed by atoms with Crippen molar-refractivity contribution < 1.29 is 14.3 Å². The number of imidazole rings is 1. The van der Waals surface area contributed by atoms with Crippen molar-refractivity contribution in [3.05, 3.63) is 71.9 Å². The number of aromatic amines is 1. The van der Waals surface area contributed by atoms with Crippen LogP contribution in [0.4, 0.5) is 0 Å². The lowest BCUT2D eigenvalue weighted by Crippen LogP contribution is -2.31. The molecule has 4 rings (SSSR count). The Labute approximate surface area is 167 Å². The van der Waals surface area contributed by atoms with Gasteiger partial charge in [0.2, 0.25) is 0 Å². The minimum absolute atomic E-state index is 0.308. The molecule has 4 aromatic rings. The van der Waals surface area contributed by atoms with Gasteiger partial charge in [-0.15, -0.1) is 0 Å². The van der Waals surface area contributed by atoms with Crippen molar-refractivity contribution in [1.29, 1.82) is 0 Å². The number of hydrogen-bond donors (Lipinski definition) is 2. The van der Waals surface area contributed by atoms with E-state index in [-0.39, 0.29) is 5.91 Å². The number of rotatable bonds is 6. The molecule has 0 aliphatic carbocycles. The molecule has 0 aliphatic rings. The molecule has 0 radical (unpaired) electrons. The molecule has 2 aromatic carbocycles. The highest BCUT2D eigenvalue weighted by atomic mass is 16.5. The molecule has 0 spiro atoms. The van der Waals surface area contributed by atoms with E-state index in [4.69, 9.17) is 9.47 Å². The van der Waals surface area contributed by atoms with E-state index in [1.54, 1.807) is 26.5 Å². The van der Waals surface area contributed by atoms with Gasteiger partial charge in [0.05, 0.1) is 19.7 Å². The summed E-state index contributed by atoms with van der Waals surface area (Å²) in [4.78, 5) is 17.6. The Bertz CT molecular complexity index is 1140. The SMILES string of the molecule is COc1cc(OC)cc(C(NC(=O)c2n[nH]c3ccccc23)c2nccn2C)c1. The highest BCUT2D eigenvalue weighted by Crippen LogP contribution is 2.30. The molecule has 1 amide bonds. The molecule has 0 bridgehead atoms. The Morgan fingerprint density at radius 3 is 2.52 bits per heavy atom. The maximum absolute atomic E-state index is 13.1. The van der Waals surface area contributed by atoms with E-state index in [9.17, 15) is 4.79 Å². The monoisotopic (exact) mass is 391 g/mol. The third-order valence-electron chi connectivity index (χ3n) is 4.78. The quantitative estimate of drug-likeness (QED) is 0.527. The van der Waals surface area contributed by atoms with Crippen molar-refractivity contribution in [2.75, 3.05) is 14.2 Å². The fraction of sp³-hybridized carbons (Fsp3) is 0.190. The van der Waals surface area contributed by atoms with Crippen LogP contribution in [-0.2, 0) is 7.05 Å². The smallest absolute Gasteiger partial charge is 0.273 e. The Kier molecular flexibility index (Phi) is 4.90. The van der Waals surface area contributed by atoms with Gasteiger partial charge >= 0.3 is 0 Å². The molecule has 8 nitrogen and oxygen atoms in total. The number of amides is 1. The summed E-state index contributed by atoms with van der Waals surface area (Å²) in [5.41, 5.74) is 1.91. The molecular weight excluding hydrogens is 370 g/mol. The standard InChI is InChI=1S/C21H21N5O3/c1-26-9-8-22-20(26)18(13-10-14(28-2)12-15(11-13)29-3)23-21(27)19-16-6-4-5-7-17(16)24-25-19/h4-12,18H,1-3H3,(H,23,27)(H,24,25). The number of fused-ring (bicyclic) bond motifs is 1. The van der Waals surface area contributed by atoms with Crippen LogP contribution in [0.5, 0.6) is 11.5 Å². The van der Waals surface area contributed by atoms with Crippen LogP contribution in [0.25, 0.3) is 10.9 Å². The summed E-state index contributed by atoms with van der Waals surface area (Å²) >= 11 is 0. The maximum atomic E-state index is 13.1. The molecule has 0 fully saturated rings. The number of para-hydroxylation sites is 1. The third kappa shape index (κ3) is 3.52. The summed E-state index contributed by atoms with van der Waals surface area (Å²) in [6.07, 6.45) is 3.52. The average molecular weight is 391 g/mol. The minimum atomic E-state index is -0.526. The highest BCUT2D eigenvalue weighted by Gasteiger charge is 2.25. The number of nitrogens with zero attached hydrogens (tertiary/aromatic N) is 3. The zero-order chi connectivity index (χ0) is 20.4. The number of benzene rings is 2. The molecule has 29 heavy (non-hydrogen) atoms. The molecule has 148 valence electrons. The second kappa shape index (κ2) is 7.67. The van der Waals surface area contributed by atoms with E-state index >= 15 is 0 Å². The van der Waals surface area contributed by atoms with E-state index in [0.717, 1.165) is 16.5 Å². The lowest BCUT2D eigenvalue weighted by Gasteiger charge is -2.20. The van der Waals surface area contributed by atoms with Crippen molar-refractivity contribution in [3.63, 3.8) is 0 Å². The first-order chi connectivity index (χ1) is 14.1. The van der Waals surface area contributed by atoms with E-state index in [2.05, 4.69) is 20.5 Å². The van der Waals surface area contributed by atoms with Crippen LogP contribution >= 0.6 is 0 Å². The van der Waals surface area contributed by atoms with E-state index in [1.165, 1.54) is 0 Å². The Morgan fingerprint density at radius 1 is 1.14 bits per heavy atom. The van der Waals surface area contributed by atoms with Gasteiger partial charge in [-0.25, -0.2) is 4.98 Å². The van der Waals surface area contributed by atoms with Gasteiger partial charge in [0.15, 0.2) is 5.69 Å². The van der Waals surface area contributed by atoms with E-state index in [1.807, 2.05) is 54.2 Å². The summed E-state index contributed by atoms with van der Waals surface area (Å²) in [5, 5.41) is 10.9. The van der Waals surface area contributed by atoms with Crippen LogP contribution in [0, 0.1) is 0 Å². The first-order valence-electron chi connectivity index (χ1n) is 9.05. The van der Waals surface area contributed by atoms with Crippen molar-refractivity contribution in [2.45, 2.75) is 6.04 Å². The predicted molar refractivity (Wildman–Crippen MR) is 108 cm³/mol. The largest absolute Gasteiger partial charge is 0.497 e. The predicted octanol–water partition coefficient (Wildman–Crippen LogP) is 2.83.